The third-order valence-electron chi connectivity index (χ3n) is 1.53. The number of ether oxygens (including phenoxy) is 1. The van der Waals surface area contributed by atoms with E-state index >= 15 is 0 Å². The van der Waals surface area contributed by atoms with Crippen LogP contribution in [0.5, 0.6) is 5.75 Å². The molecule has 0 radical (unpaired) electrons. The van der Waals surface area contributed by atoms with Crippen LogP contribution in [0.3, 0.4) is 0 Å². The normalized spacial score (nSPS) is 11.3. The Kier molecular flexibility index (Phi) is 4.56. The van der Waals surface area contributed by atoms with Gasteiger partial charge in [0.05, 0.1) is 6.26 Å². The predicted octanol–water partition coefficient (Wildman–Crippen LogP) is 1.38. The van der Waals surface area contributed by atoms with Crippen molar-refractivity contribution in [2.75, 3.05) is 19.4 Å². The lowest BCUT2D eigenvalue weighted by Crippen LogP contribution is -2.26. The van der Waals surface area contributed by atoms with Crippen LogP contribution in [0, 0.1) is 0 Å². The standard InChI is InChI=1S/C9H12BrNO3S/c1-15(12,13)11-5-6-14-9-4-2-3-8(10)7-9/h2-4,7,11H,5-6H2,1H3. The van der Waals surface area contributed by atoms with Gasteiger partial charge in [0.2, 0.25) is 10.0 Å². The molecule has 15 heavy (non-hydrogen) atoms. The van der Waals surface area contributed by atoms with Gasteiger partial charge < -0.3 is 4.74 Å². The first-order valence-electron chi connectivity index (χ1n) is 4.30. The number of hydrogen-bond acceptors (Lipinski definition) is 3. The lowest BCUT2D eigenvalue weighted by atomic mass is 10.3. The summed E-state index contributed by atoms with van der Waals surface area (Å²) in [5.74, 6) is 0.708. The van der Waals surface area contributed by atoms with E-state index in [0.717, 1.165) is 10.7 Å². The quantitative estimate of drug-likeness (QED) is 0.835. The van der Waals surface area contributed by atoms with Crippen molar-refractivity contribution in [1.82, 2.24) is 4.72 Å². The van der Waals surface area contributed by atoms with E-state index < -0.39 is 10.0 Å². The highest BCUT2D eigenvalue weighted by atomic mass is 79.9. The SMILES string of the molecule is CS(=O)(=O)NCCOc1cccc(Br)c1. The van der Waals surface area contributed by atoms with Gasteiger partial charge in [-0.25, -0.2) is 13.1 Å². The molecule has 0 atom stereocenters. The zero-order chi connectivity index (χ0) is 11.3. The van der Waals surface area contributed by atoms with E-state index in [1.807, 2.05) is 24.3 Å². The van der Waals surface area contributed by atoms with E-state index in [4.69, 9.17) is 4.74 Å². The lowest BCUT2D eigenvalue weighted by Gasteiger charge is -2.06. The number of hydrogen-bond donors (Lipinski definition) is 1. The molecule has 84 valence electrons. The van der Waals surface area contributed by atoms with Gasteiger partial charge in [0.1, 0.15) is 12.4 Å². The molecule has 0 aliphatic heterocycles. The molecule has 0 saturated heterocycles. The van der Waals surface area contributed by atoms with Gasteiger partial charge in [-0.2, -0.15) is 0 Å². The molecule has 1 aromatic rings. The Hall–Kier alpha value is -0.590. The van der Waals surface area contributed by atoms with E-state index in [0.29, 0.717) is 12.4 Å². The van der Waals surface area contributed by atoms with E-state index in [1.54, 1.807) is 0 Å². The first-order valence-corrected chi connectivity index (χ1v) is 6.99. The van der Waals surface area contributed by atoms with E-state index in [1.165, 1.54) is 0 Å². The minimum Gasteiger partial charge on any atom is -0.492 e. The smallest absolute Gasteiger partial charge is 0.208 e. The van der Waals surface area contributed by atoms with Gasteiger partial charge in [-0.15, -0.1) is 0 Å². The second-order valence-corrected chi connectivity index (χ2v) is 5.72. The van der Waals surface area contributed by atoms with Crippen molar-refractivity contribution in [1.29, 1.82) is 0 Å². The van der Waals surface area contributed by atoms with Crippen LogP contribution in [0.1, 0.15) is 0 Å². The maximum Gasteiger partial charge on any atom is 0.208 e. The van der Waals surface area contributed by atoms with Crippen LogP contribution in [-0.4, -0.2) is 27.8 Å². The van der Waals surface area contributed by atoms with Gasteiger partial charge in [-0.3, -0.25) is 0 Å². The van der Waals surface area contributed by atoms with Crippen LogP contribution < -0.4 is 9.46 Å². The Balaban J connectivity index is 2.32. The van der Waals surface area contributed by atoms with Gasteiger partial charge >= 0.3 is 0 Å². The van der Waals surface area contributed by atoms with Gasteiger partial charge in [0.15, 0.2) is 0 Å². The van der Waals surface area contributed by atoms with E-state index in [9.17, 15) is 8.42 Å². The van der Waals surface area contributed by atoms with Crippen molar-refractivity contribution < 1.29 is 13.2 Å². The maximum absolute atomic E-state index is 10.7. The summed E-state index contributed by atoms with van der Waals surface area (Å²) >= 11 is 3.31. The van der Waals surface area contributed by atoms with Crippen molar-refractivity contribution in [3.05, 3.63) is 28.7 Å². The molecule has 0 aliphatic carbocycles. The van der Waals surface area contributed by atoms with E-state index in [-0.39, 0.29) is 6.54 Å². The zero-order valence-corrected chi connectivity index (χ0v) is 10.6. The Bertz CT molecular complexity index is 419. The fraction of sp³-hybridized carbons (Fsp3) is 0.333. The van der Waals surface area contributed by atoms with Crippen LogP contribution in [0.4, 0.5) is 0 Å². The fourth-order valence-electron chi connectivity index (χ4n) is 0.953. The molecule has 0 amide bonds. The second kappa shape index (κ2) is 5.48. The summed E-state index contributed by atoms with van der Waals surface area (Å²) in [5.41, 5.74) is 0. The average Bonchev–Trinajstić information content (AvgIpc) is 2.11. The molecule has 1 rings (SSSR count). The first-order chi connectivity index (χ1) is 6.97. The monoisotopic (exact) mass is 293 g/mol. The summed E-state index contributed by atoms with van der Waals surface area (Å²) in [6.45, 7) is 0.578. The summed E-state index contributed by atoms with van der Waals surface area (Å²) < 4.78 is 30.0. The first kappa shape index (κ1) is 12.5. The number of benzene rings is 1. The van der Waals surface area contributed by atoms with Crippen molar-refractivity contribution >= 4 is 26.0 Å². The summed E-state index contributed by atoms with van der Waals surface area (Å²) in [5, 5.41) is 0. The molecule has 0 heterocycles. The van der Waals surface area contributed by atoms with Gasteiger partial charge in [0.25, 0.3) is 0 Å². The van der Waals surface area contributed by atoms with Crippen LogP contribution in [0.15, 0.2) is 28.7 Å². The molecule has 0 saturated carbocycles. The Morgan fingerprint density at radius 2 is 2.20 bits per heavy atom. The highest BCUT2D eigenvalue weighted by Crippen LogP contribution is 2.17. The molecule has 1 aromatic carbocycles. The van der Waals surface area contributed by atoms with Crippen LogP contribution >= 0.6 is 15.9 Å². The summed E-state index contributed by atoms with van der Waals surface area (Å²) in [6, 6.07) is 7.37. The number of rotatable bonds is 5. The molecule has 6 heteroatoms. The minimum absolute atomic E-state index is 0.269. The Labute approximate surface area is 97.8 Å². The summed E-state index contributed by atoms with van der Waals surface area (Å²) in [6.07, 6.45) is 1.12. The third kappa shape index (κ3) is 5.76. The molecule has 0 aliphatic rings. The zero-order valence-electron chi connectivity index (χ0n) is 8.23. The van der Waals surface area contributed by atoms with Crippen LogP contribution in [0.25, 0.3) is 0 Å². The lowest BCUT2D eigenvalue weighted by molar-refractivity contribution is 0.323. The number of nitrogens with one attached hydrogen (secondary N) is 1. The molecule has 4 nitrogen and oxygen atoms in total. The van der Waals surface area contributed by atoms with Gasteiger partial charge in [-0.1, -0.05) is 22.0 Å². The molecule has 1 N–H and O–H groups in total. The molecule has 0 fully saturated rings. The maximum atomic E-state index is 10.7. The molecule has 0 bridgehead atoms. The average molecular weight is 294 g/mol. The van der Waals surface area contributed by atoms with Crippen LogP contribution in [-0.2, 0) is 10.0 Å². The molecule has 0 spiro atoms. The summed E-state index contributed by atoms with van der Waals surface area (Å²) in [4.78, 5) is 0. The van der Waals surface area contributed by atoms with E-state index in [2.05, 4.69) is 20.7 Å². The minimum atomic E-state index is -3.13. The molecule has 0 unspecified atom stereocenters. The highest BCUT2D eigenvalue weighted by molar-refractivity contribution is 9.10. The second-order valence-electron chi connectivity index (χ2n) is 2.97. The topological polar surface area (TPSA) is 55.4 Å². The van der Waals surface area contributed by atoms with Gasteiger partial charge in [-0.05, 0) is 18.2 Å². The summed E-state index contributed by atoms with van der Waals surface area (Å²) in [7, 11) is -3.13. The highest BCUT2D eigenvalue weighted by Gasteiger charge is 1.99. The molecular weight excluding hydrogens is 282 g/mol. The predicted molar refractivity (Wildman–Crippen MR) is 62.5 cm³/mol. The van der Waals surface area contributed by atoms with Crippen molar-refractivity contribution in [3.63, 3.8) is 0 Å². The number of halogens is 1. The van der Waals surface area contributed by atoms with Gasteiger partial charge in [0, 0.05) is 11.0 Å². The largest absolute Gasteiger partial charge is 0.492 e. The van der Waals surface area contributed by atoms with Crippen molar-refractivity contribution in [2.24, 2.45) is 0 Å². The number of sulfonamides is 1. The molecular formula is C9H12BrNO3S. The van der Waals surface area contributed by atoms with Crippen LogP contribution in [0.2, 0.25) is 0 Å². The third-order valence-corrected chi connectivity index (χ3v) is 2.75. The Morgan fingerprint density at radius 3 is 2.80 bits per heavy atom. The fourth-order valence-corrected chi connectivity index (χ4v) is 1.79. The molecule has 0 aromatic heterocycles. The van der Waals surface area contributed by atoms with Crippen molar-refractivity contribution in [3.8, 4) is 5.75 Å². The Morgan fingerprint density at radius 1 is 1.47 bits per heavy atom. The van der Waals surface area contributed by atoms with Crippen molar-refractivity contribution in [2.45, 2.75) is 0 Å².